The van der Waals surface area contributed by atoms with Gasteiger partial charge in [-0.3, -0.25) is 4.79 Å². The van der Waals surface area contributed by atoms with Crippen LogP contribution in [-0.4, -0.2) is 37.6 Å². The van der Waals surface area contributed by atoms with E-state index in [9.17, 15) is 4.79 Å². The molecule has 1 aromatic rings. The van der Waals surface area contributed by atoms with E-state index in [1.54, 1.807) is 24.1 Å². The van der Waals surface area contributed by atoms with E-state index >= 15 is 0 Å². The van der Waals surface area contributed by atoms with E-state index < -0.39 is 0 Å². The number of rotatable bonds is 9. The highest BCUT2D eigenvalue weighted by atomic mass is 35.5. The van der Waals surface area contributed by atoms with Gasteiger partial charge in [-0.15, -0.1) is 0 Å². The highest BCUT2D eigenvalue weighted by Gasteiger charge is 2.10. The first-order valence-corrected chi connectivity index (χ1v) is 7.73. The number of ether oxygens (including phenoxy) is 1. The zero-order valence-electron chi connectivity index (χ0n) is 12.8. The number of nitrogens with two attached hydrogens (primary N) is 1. The molecule has 5 heteroatoms. The number of carbonyl (C=O) groups is 1. The Morgan fingerprint density at radius 3 is 2.62 bits per heavy atom. The molecule has 2 N–H and O–H groups in total. The fourth-order valence-corrected chi connectivity index (χ4v) is 2.07. The molecule has 4 nitrogen and oxygen atoms in total. The van der Waals surface area contributed by atoms with Crippen LogP contribution in [0.4, 0.5) is 0 Å². The largest absolute Gasteiger partial charge is 0.492 e. The van der Waals surface area contributed by atoms with Gasteiger partial charge in [0.25, 0.3) is 0 Å². The summed E-state index contributed by atoms with van der Waals surface area (Å²) >= 11 is 5.80. The lowest BCUT2D eigenvalue weighted by molar-refractivity contribution is -0.130. The molecule has 1 amide bonds. The molecule has 0 heterocycles. The third kappa shape index (κ3) is 7.34. The Morgan fingerprint density at radius 1 is 1.33 bits per heavy atom. The highest BCUT2D eigenvalue weighted by molar-refractivity contribution is 6.30. The minimum absolute atomic E-state index is 0.151. The second-order valence-corrected chi connectivity index (χ2v) is 5.78. The summed E-state index contributed by atoms with van der Waals surface area (Å²) in [6, 6.07) is 7.20. The predicted molar refractivity (Wildman–Crippen MR) is 86.7 cm³/mol. The Bertz CT molecular complexity index is 423. The van der Waals surface area contributed by atoms with E-state index in [-0.39, 0.29) is 5.91 Å². The van der Waals surface area contributed by atoms with Gasteiger partial charge in [-0.05, 0) is 49.6 Å². The molecular formula is C16H25ClN2O2. The lowest BCUT2D eigenvalue weighted by atomic mass is 10.0. The first-order valence-electron chi connectivity index (χ1n) is 7.35. The van der Waals surface area contributed by atoms with Crippen LogP contribution in [0.25, 0.3) is 0 Å². The zero-order valence-corrected chi connectivity index (χ0v) is 13.6. The van der Waals surface area contributed by atoms with Gasteiger partial charge in [-0.25, -0.2) is 0 Å². The summed E-state index contributed by atoms with van der Waals surface area (Å²) in [4.78, 5) is 13.7. The molecule has 1 rings (SSSR count). The van der Waals surface area contributed by atoms with E-state index in [0.29, 0.717) is 37.1 Å². The van der Waals surface area contributed by atoms with E-state index in [2.05, 4.69) is 6.92 Å². The van der Waals surface area contributed by atoms with Gasteiger partial charge in [-0.1, -0.05) is 18.5 Å². The van der Waals surface area contributed by atoms with Gasteiger partial charge in [0.2, 0.25) is 5.91 Å². The van der Waals surface area contributed by atoms with Crippen molar-refractivity contribution in [2.24, 2.45) is 11.7 Å². The molecule has 0 spiro atoms. The van der Waals surface area contributed by atoms with Gasteiger partial charge in [0, 0.05) is 18.5 Å². The Hall–Kier alpha value is -1.26. The van der Waals surface area contributed by atoms with Gasteiger partial charge in [0.15, 0.2) is 0 Å². The van der Waals surface area contributed by atoms with Gasteiger partial charge in [0.1, 0.15) is 12.4 Å². The standard InChI is InChI=1S/C16H25ClN2O2/c1-13(9-10-18)3-8-16(20)19(2)11-12-21-15-6-4-14(17)5-7-15/h4-7,13H,3,8-12,18H2,1-2H3. The molecule has 1 unspecified atom stereocenters. The SMILES string of the molecule is CC(CCN)CCC(=O)N(C)CCOc1ccc(Cl)cc1. The van der Waals surface area contributed by atoms with Crippen LogP contribution < -0.4 is 10.5 Å². The molecule has 0 aromatic heterocycles. The topological polar surface area (TPSA) is 55.6 Å². The van der Waals surface area contributed by atoms with Crippen LogP contribution in [0.2, 0.25) is 5.02 Å². The van der Waals surface area contributed by atoms with Crippen molar-refractivity contribution in [3.05, 3.63) is 29.3 Å². The van der Waals surface area contributed by atoms with Gasteiger partial charge >= 0.3 is 0 Å². The van der Waals surface area contributed by atoms with Crippen LogP contribution in [0.3, 0.4) is 0 Å². The normalized spacial score (nSPS) is 12.0. The average molecular weight is 313 g/mol. The van der Waals surface area contributed by atoms with Gasteiger partial charge in [-0.2, -0.15) is 0 Å². The highest BCUT2D eigenvalue weighted by Crippen LogP contribution is 2.15. The lowest BCUT2D eigenvalue weighted by Crippen LogP contribution is -2.31. The molecule has 1 aromatic carbocycles. The summed E-state index contributed by atoms with van der Waals surface area (Å²) < 4.78 is 5.58. The zero-order chi connectivity index (χ0) is 15.7. The van der Waals surface area contributed by atoms with Crippen LogP contribution in [0.5, 0.6) is 5.75 Å². The number of amides is 1. The molecule has 21 heavy (non-hydrogen) atoms. The fourth-order valence-electron chi connectivity index (χ4n) is 1.95. The first-order chi connectivity index (χ1) is 10.0. The Morgan fingerprint density at radius 2 is 2.00 bits per heavy atom. The van der Waals surface area contributed by atoms with Gasteiger partial charge < -0.3 is 15.4 Å². The quantitative estimate of drug-likeness (QED) is 0.762. The summed E-state index contributed by atoms with van der Waals surface area (Å²) in [7, 11) is 1.81. The van der Waals surface area contributed by atoms with Crippen molar-refractivity contribution < 1.29 is 9.53 Å². The molecule has 0 aliphatic carbocycles. The van der Waals surface area contributed by atoms with Crippen LogP contribution in [0, 0.1) is 5.92 Å². The molecule has 0 saturated carbocycles. The lowest BCUT2D eigenvalue weighted by Gasteiger charge is -2.18. The molecule has 1 atom stereocenters. The van der Waals surface area contributed by atoms with E-state index in [1.807, 2.05) is 12.1 Å². The third-order valence-electron chi connectivity index (χ3n) is 3.45. The van der Waals surface area contributed by atoms with Crippen molar-refractivity contribution in [2.45, 2.75) is 26.2 Å². The second kappa shape index (κ2) is 9.64. The van der Waals surface area contributed by atoms with Crippen LogP contribution in [0.15, 0.2) is 24.3 Å². The Labute approximate surface area is 132 Å². The van der Waals surface area contributed by atoms with Crippen molar-refractivity contribution in [1.29, 1.82) is 0 Å². The maximum absolute atomic E-state index is 12.0. The minimum atomic E-state index is 0.151. The molecule has 0 aliphatic heterocycles. The third-order valence-corrected chi connectivity index (χ3v) is 3.70. The fraction of sp³-hybridized carbons (Fsp3) is 0.562. The molecule has 0 radical (unpaired) electrons. The molecular weight excluding hydrogens is 288 g/mol. The number of carbonyl (C=O) groups excluding carboxylic acids is 1. The summed E-state index contributed by atoms with van der Waals surface area (Å²) in [5.41, 5.74) is 5.51. The van der Waals surface area contributed by atoms with Crippen molar-refractivity contribution in [3.8, 4) is 5.75 Å². The summed E-state index contributed by atoms with van der Waals surface area (Å²) in [5.74, 6) is 1.41. The molecule has 118 valence electrons. The summed E-state index contributed by atoms with van der Waals surface area (Å²) in [5, 5.41) is 0.682. The summed E-state index contributed by atoms with van der Waals surface area (Å²) in [6.07, 6.45) is 2.42. The van der Waals surface area contributed by atoms with Crippen molar-refractivity contribution >= 4 is 17.5 Å². The number of hydrogen-bond donors (Lipinski definition) is 1. The van der Waals surface area contributed by atoms with Crippen LogP contribution >= 0.6 is 11.6 Å². The molecule has 0 bridgehead atoms. The van der Waals surface area contributed by atoms with E-state index in [4.69, 9.17) is 22.1 Å². The van der Waals surface area contributed by atoms with Crippen molar-refractivity contribution in [2.75, 3.05) is 26.7 Å². The van der Waals surface area contributed by atoms with E-state index in [1.165, 1.54) is 0 Å². The number of hydrogen-bond acceptors (Lipinski definition) is 3. The smallest absolute Gasteiger partial charge is 0.222 e. The van der Waals surface area contributed by atoms with Crippen molar-refractivity contribution in [3.63, 3.8) is 0 Å². The minimum Gasteiger partial charge on any atom is -0.492 e. The maximum atomic E-state index is 12.0. The number of likely N-dealkylation sites (N-methyl/N-ethyl adjacent to an activating group) is 1. The van der Waals surface area contributed by atoms with Gasteiger partial charge in [0.05, 0.1) is 6.54 Å². The number of halogens is 1. The van der Waals surface area contributed by atoms with Crippen LogP contribution in [0.1, 0.15) is 26.2 Å². The number of benzene rings is 1. The second-order valence-electron chi connectivity index (χ2n) is 5.34. The monoisotopic (exact) mass is 312 g/mol. The molecule has 0 saturated heterocycles. The molecule has 0 aliphatic rings. The van der Waals surface area contributed by atoms with E-state index in [0.717, 1.165) is 18.6 Å². The average Bonchev–Trinajstić information content (AvgIpc) is 2.47. The molecule has 0 fully saturated rings. The first kappa shape index (κ1) is 17.8. The number of nitrogens with zero attached hydrogens (tertiary/aromatic N) is 1. The Balaban J connectivity index is 2.21. The van der Waals surface area contributed by atoms with Crippen molar-refractivity contribution in [1.82, 2.24) is 4.90 Å². The maximum Gasteiger partial charge on any atom is 0.222 e. The van der Waals surface area contributed by atoms with Crippen LogP contribution in [-0.2, 0) is 4.79 Å². The summed E-state index contributed by atoms with van der Waals surface area (Å²) in [6.45, 7) is 3.86. The Kier molecular flexibility index (Phi) is 8.16. The predicted octanol–water partition coefficient (Wildman–Crippen LogP) is 2.94.